The van der Waals surface area contributed by atoms with E-state index in [-0.39, 0.29) is 12.0 Å². The average Bonchev–Trinajstić information content (AvgIpc) is 3.07. The van der Waals surface area contributed by atoms with E-state index in [1.165, 1.54) is 11.3 Å². The van der Waals surface area contributed by atoms with Crippen molar-refractivity contribution in [3.8, 4) is 0 Å². The number of amides is 1. The van der Waals surface area contributed by atoms with Crippen molar-refractivity contribution in [2.24, 2.45) is 11.7 Å². The molecule has 2 unspecified atom stereocenters. The normalized spacial score (nSPS) is 21.0. The van der Waals surface area contributed by atoms with Crippen LogP contribution in [0.2, 0.25) is 0 Å². The lowest BCUT2D eigenvalue weighted by molar-refractivity contribution is -0.188. The van der Waals surface area contributed by atoms with Gasteiger partial charge in [-0.15, -0.1) is 11.3 Å². The lowest BCUT2D eigenvalue weighted by atomic mass is 9.94. The molecule has 0 aliphatic heterocycles. The summed E-state index contributed by atoms with van der Waals surface area (Å²) in [4.78, 5) is 12.9. The van der Waals surface area contributed by atoms with E-state index in [1.54, 1.807) is 0 Å². The summed E-state index contributed by atoms with van der Waals surface area (Å²) < 4.78 is 38.6. The first-order valence-electron chi connectivity index (χ1n) is 6.93. The Balaban J connectivity index is 2.18. The number of nitrogens with one attached hydrogen (secondary N) is 1. The lowest BCUT2D eigenvalue weighted by Crippen LogP contribution is -2.62. The molecule has 0 bridgehead atoms. The first kappa shape index (κ1) is 16.3. The molecule has 0 saturated heterocycles. The van der Waals surface area contributed by atoms with Gasteiger partial charge in [-0.25, -0.2) is 0 Å². The van der Waals surface area contributed by atoms with Gasteiger partial charge in [-0.3, -0.25) is 4.79 Å². The highest BCUT2D eigenvalue weighted by Crippen LogP contribution is 2.38. The predicted molar refractivity (Wildman–Crippen MR) is 75.8 cm³/mol. The van der Waals surface area contributed by atoms with Crippen molar-refractivity contribution in [3.63, 3.8) is 0 Å². The van der Waals surface area contributed by atoms with Gasteiger partial charge in [0.1, 0.15) is 0 Å². The van der Waals surface area contributed by atoms with Crippen LogP contribution < -0.4 is 11.1 Å². The number of nitrogens with two attached hydrogens (primary N) is 1. The lowest BCUT2D eigenvalue weighted by Gasteiger charge is -2.31. The Morgan fingerprint density at radius 3 is 2.52 bits per heavy atom. The third-order valence-corrected chi connectivity index (χ3v) is 5.02. The molecular weight excluding hydrogens is 301 g/mol. The molecular formula is C14H19F3N2OS. The fourth-order valence-electron chi connectivity index (χ4n) is 2.60. The van der Waals surface area contributed by atoms with Gasteiger partial charge in [0.25, 0.3) is 0 Å². The van der Waals surface area contributed by atoms with E-state index < -0.39 is 17.6 Å². The average molecular weight is 320 g/mol. The summed E-state index contributed by atoms with van der Waals surface area (Å²) in [5, 5.41) is 4.39. The molecule has 1 aromatic rings. The fraction of sp³-hybridized carbons (Fsp3) is 0.643. The number of hydrogen-bond acceptors (Lipinski definition) is 3. The zero-order valence-corrected chi connectivity index (χ0v) is 12.6. The SMILES string of the molecule is CC(N)(C(=O)NC(c1cccs1)C1CCCC1)C(F)(F)F. The van der Waals surface area contributed by atoms with Crippen LogP contribution in [-0.2, 0) is 4.79 Å². The molecule has 21 heavy (non-hydrogen) atoms. The van der Waals surface area contributed by atoms with Gasteiger partial charge >= 0.3 is 6.18 Å². The number of rotatable bonds is 4. The molecule has 1 aliphatic rings. The standard InChI is InChI=1S/C14H19F3N2OS/c1-13(18,14(15,16)17)12(20)19-11(9-5-2-3-6-9)10-7-4-8-21-10/h4,7-9,11H,2-3,5-6,18H2,1H3,(H,19,20). The molecule has 1 aromatic heterocycles. The number of halogens is 3. The first-order chi connectivity index (χ1) is 9.73. The van der Waals surface area contributed by atoms with E-state index in [9.17, 15) is 18.0 Å². The maximum Gasteiger partial charge on any atom is 0.415 e. The molecule has 1 aliphatic carbocycles. The Morgan fingerprint density at radius 1 is 1.43 bits per heavy atom. The van der Waals surface area contributed by atoms with Crippen LogP contribution in [0.15, 0.2) is 17.5 Å². The predicted octanol–water partition coefficient (Wildman–Crippen LogP) is 3.38. The third kappa shape index (κ3) is 3.40. The number of hydrogen-bond donors (Lipinski definition) is 2. The molecule has 3 N–H and O–H groups in total. The van der Waals surface area contributed by atoms with Crippen molar-refractivity contribution in [2.75, 3.05) is 0 Å². The summed E-state index contributed by atoms with van der Waals surface area (Å²) in [6.07, 6.45) is -0.859. The number of thiophene rings is 1. The van der Waals surface area contributed by atoms with E-state index in [0.29, 0.717) is 6.92 Å². The van der Waals surface area contributed by atoms with Crippen molar-refractivity contribution >= 4 is 17.2 Å². The molecule has 1 heterocycles. The molecule has 0 radical (unpaired) electrons. The Morgan fingerprint density at radius 2 is 2.05 bits per heavy atom. The topological polar surface area (TPSA) is 55.1 Å². The van der Waals surface area contributed by atoms with Crippen molar-refractivity contribution in [2.45, 2.75) is 50.4 Å². The Labute approximate surface area is 125 Å². The van der Waals surface area contributed by atoms with E-state index in [0.717, 1.165) is 30.6 Å². The molecule has 2 atom stereocenters. The Bertz CT molecular complexity index is 479. The van der Waals surface area contributed by atoms with E-state index in [2.05, 4.69) is 5.32 Å². The number of carbonyl (C=O) groups excluding carboxylic acids is 1. The minimum Gasteiger partial charge on any atom is -0.346 e. The second kappa shape index (κ2) is 5.96. The van der Waals surface area contributed by atoms with Gasteiger partial charge in [0.05, 0.1) is 6.04 Å². The quantitative estimate of drug-likeness (QED) is 0.893. The molecule has 3 nitrogen and oxygen atoms in total. The Hall–Kier alpha value is -1.08. The zero-order chi connectivity index (χ0) is 15.7. The summed E-state index contributed by atoms with van der Waals surface area (Å²) in [5.41, 5.74) is 2.33. The maximum absolute atomic E-state index is 12.9. The van der Waals surface area contributed by atoms with Gasteiger partial charge in [0.2, 0.25) is 5.91 Å². The van der Waals surface area contributed by atoms with Crippen molar-refractivity contribution in [1.82, 2.24) is 5.32 Å². The number of carbonyl (C=O) groups is 1. The molecule has 0 spiro atoms. The van der Waals surface area contributed by atoms with Gasteiger partial charge < -0.3 is 11.1 Å². The van der Waals surface area contributed by atoms with Crippen molar-refractivity contribution in [1.29, 1.82) is 0 Å². The van der Waals surface area contributed by atoms with Crippen LogP contribution in [0.3, 0.4) is 0 Å². The van der Waals surface area contributed by atoms with E-state index in [1.807, 2.05) is 17.5 Å². The summed E-state index contributed by atoms with van der Waals surface area (Å²) in [6, 6.07) is 3.29. The van der Waals surface area contributed by atoms with Crippen molar-refractivity contribution in [3.05, 3.63) is 22.4 Å². The smallest absolute Gasteiger partial charge is 0.346 e. The largest absolute Gasteiger partial charge is 0.415 e. The van der Waals surface area contributed by atoms with Crippen LogP contribution in [0.1, 0.15) is 43.5 Å². The highest BCUT2D eigenvalue weighted by atomic mass is 32.1. The van der Waals surface area contributed by atoms with Gasteiger partial charge in [-0.05, 0) is 37.1 Å². The van der Waals surface area contributed by atoms with Crippen LogP contribution in [0.4, 0.5) is 13.2 Å². The maximum atomic E-state index is 12.9. The molecule has 2 rings (SSSR count). The Kier molecular flexibility index (Phi) is 4.63. The molecule has 118 valence electrons. The number of alkyl halides is 3. The summed E-state index contributed by atoms with van der Waals surface area (Å²) in [6.45, 7) is 0.711. The molecule has 7 heteroatoms. The molecule has 0 aromatic carbocycles. The second-order valence-electron chi connectivity index (χ2n) is 5.71. The van der Waals surface area contributed by atoms with Crippen LogP contribution in [0, 0.1) is 5.92 Å². The fourth-order valence-corrected chi connectivity index (χ4v) is 3.47. The summed E-state index contributed by atoms with van der Waals surface area (Å²) in [7, 11) is 0. The summed E-state index contributed by atoms with van der Waals surface area (Å²) in [5.74, 6) is -0.989. The van der Waals surface area contributed by atoms with Crippen LogP contribution in [-0.4, -0.2) is 17.6 Å². The van der Waals surface area contributed by atoms with Crippen molar-refractivity contribution < 1.29 is 18.0 Å². The van der Waals surface area contributed by atoms with Gasteiger partial charge in [-0.2, -0.15) is 13.2 Å². The second-order valence-corrected chi connectivity index (χ2v) is 6.69. The van der Waals surface area contributed by atoms with Gasteiger partial charge in [-0.1, -0.05) is 18.9 Å². The highest BCUT2D eigenvalue weighted by Gasteiger charge is 2.54. The van der Waals surface area contributed by atoms with E-state index in [4.69, 9.17) is 5.73 Å². The van der Waals surface area contributed by atoms with Crippen LogP contribution in [0.5, 0.6) is 0 Å². The third-order valence-electron chi connectivity index (χ3n) is 4.07. The minimum absolute atomic E-state index is 0.177. The van der Waals surface area contributed by atoms with Crippen LogP contribution in [0.25, 0.3) is 0 Å². The van der Waals surface area contributed by atoms with E-state index >= 15 is 0 Å². The zero-order valence-electron chi connectivity index (χ0n) is 11.7. The molecule has 1 amide bonds. The van der Waals surface area contributed by atoms with Crippen LogP contribution >= 0.6 is 11.3 Å². The monoisotopic (exact) mass is 320 g/mol. The first-order valence-corrected chi connectivity index (χ1v) is 7.81. The highest BCUT2D eigenvalue weighted by molar-refractivity contribution is 7.10. The van der Waals surface area contributed by atoms with Gasteiger partial charge in [0, 0.05) is 4.88 Å². The van der Waals surface area contributed by atoms with Gasteiger partial charge in [0.15, 0.2) is 5.54 Å². The molecule has 1 fully saturated rings. The summed E-state index contributed by atoms with van der Waals surface area (Å²) >= 11 is 1.44. The molecule has 1 saturated carbocycles. The minimum atomic E-state index is -4.77.